The number of aromatic nitrogens is 1. The molecule has 0 aromatic carbocycles. The Kier molecular flexibility index (Phi) is 7.20. The van der Waals surface area contributed by atoms with Crippen molar-refractivity contribution in [3.63, 3.8) is 0 Å². The number of hydrogen-bond donors (Lipinski definition) is 3. The summed E-state index contributed by atoms with van der Waals surface area (Å²) in [6.07, 6.45) is 3.86. The fraction of sp³-hybridized carbons (Fsp3) is 0.704. The van der Waals surface area contributed by atoms with Crippen molar-refractivity contribution in [1.29, 1.82) is 5.26 Å². The standard InChI is InChI=1S/C27H36N6O4S/c1-14-30-20(13-38-14)24(35)32-19-7-5-4-6-15-11-29-23(34)18(15)8-17(10-28)31-25(36)22-21-16(9-27(21,2)3)12-33(22)26(19)37/h13,15-19,21-22H,4-9,11-12H2,1-3H3,(H,29,34)(H,31,36)(H,32,35)/t15-,16-,17-,18-,19-,21-,22-/m0/s1. The van der Waals surface area contributed by atoms with Gasteiger partial charge < -0.3 is 20.9 Å². The average Bonchev–Trinajstić information content (AvgIpc) is 3.55. The Balaban J connectivity index is 1.44. The molecule has 4 amide bonds. The number of nitrogens with one attached hydrogen (secondary N) is 3. The van der Waals surface area contributed by atoms with E-state index in [0.29, 0.717) is 25.9 Å². The molecule has 11 heteroatoms. The van der Waals surface area contributed by atoms with Crippen molar-refractivity contribution < 1.29 is 19.2 Å². The van der Waals surface area contributed by atoms with Crippen molar-refractivity contribution in [1.82, 2.24) is 25.8 Å². The number of nitrogens with zero attached hydrogens (tertiary/aromatic N) is 3. The molecule has 5 rings (SSSR count). The van der Waals surface area contributed by atoms with E-state index in [0.717, 1.165) is 24.3 Å². The van der Waals surface area contributed by atoms with Gasteiger partial charge in [0.05, 0.1) is 11.1 Å². The summed E-state index contributed by atoms with van der Waals surface area (Å²) in [6, 6.07) is -0.137. The van der Waals surface area contributed by atoms with Gasteiger partial charge in [0.15, 0.2) is 0 Å². The maximum Gasteiger partial charge on any atom is 0.271 e. The van der Waals surface area contributed by atoms with Crippen LogP contribution in [-0.4, -0.2) is 64.7 Å². The number of carbonyl (C=O) groups is 4. The van der Waals surface area contributed by atoms with E-state index in [1.807, 2.05) is 6.92 Å². The second kappa shape index (κ2) is 10.3. The van der Waals surface area contributed by atoms with E-state index >= 15 is 0 Å². The Morgan fingerprint density at radius 2 is 1.97 bits per heavy atom. The van der Waals surface area contributed by atoms with Crippen molar-refractivity contribution in [3.8, 4) is 6.07 Å². The molecule has 0 unspecified atom stereocenters. The quantitative estimate of drug-likeness (QED) is 0.521. The van der Waals surface area contributed by atoms with Gasteiger partial charge in [-0.1, -0.05) is 26.7 Å². The third kappa shape index (κ3) is 4.91. The molecule has 3 saturated heterocycles. The zero-order valence-electron chi connectivity index (χ0n) is 22.2. The average molecular weight is 541 g/mol. The van der Waals surface area contributed by atoms with Crippen LogP contribution in [0.1, 0.15) is 67.9 Å². The lowest BCUT2D eigenvalue weighted by Gasteiger charge is -2.49. The van der Waals surface area contributed by atoms with E-state index in [1.54, 1.807) is 10.3 Å². The Hall–Kier alpha value is -3.00. The number of hydrogen-bond acceptors (Lipinski definition) is 7. The largest absolute Gasteiger partial charge is 0.356 e. The zero-order chi connectivity index (χ0) is 27.2. The number of nitriles is 1. The second-order valence-corrected chi connectivity index (χ2v) is 13.1. The van der Waals surface area contributed by atoms with Crippen LogP contribution in [0, 0.1) is 47.3 Å². The summed E-state index contributed by atoms with van der Waals surface area (Å²) in [5.41, 5.74) is 0.162. The summed E-state index contributed by atoms with van der Waals surface area (Å²) in [5.74, 6) is -1.17. The Morgan fingerprint density at radius 3 is 2.66 bits per heavy atom. The van der Waals surface area contributed by atoms with E-state index in [9.17, 15) is 24.4 Å². The summed E-state index contributed by atoms with van der Waals surface area (Å²) in [5, 5.41) is 21.0. The van der Waals surface area contributed by atoms with Gasteiger partial charge >= 0.3 is 0 Å². The lowest BCUT2D eigenvalue weighted by atomic mass is 9.55. The highest BCUT2D eigenvalue weighted by Crippen LogP contribution is 2.57. The number of amides is 4. The van der Waals surface area contributed by atoms with Crippen LogP contribution in [0.5, 0.6) is 0 Å². The van der Waals surface area contributed by atoms with Gasteiger partial charge in [0, 0.05) is 24.4 Å². The molecule has 204 valence electrons. The van der Waals surface area contributed by atoms with Crippen molar-refractivity contribution >= 4 is 35.0 Å². The highest BCUT2D eigenvalue weighted by molar-refractivity contribution is 7.09. The highest BCUT2D eigenvalue weighted by atomic mass is 32.1. The van der Waals surface area contributed by atoms with Crippen molar-refractivity contribution in [2.75, 3.05) is 13.1 Å². The SMILES string of the molecule is Cc1nc(C(=O)N[C@H]2CCCC[C@H]3CNC(=O)[C@H]3C[C@@H](C#N)NC(=O)[C@@H]3[C@@H]4[C@H](CN3C2=O)CC4(C)C)cs1. The lowest BCUT2D eigenvalue weighted by Crippen LogP contribution is -2.58. The number of thiazole rings is 1. The number of fused-ring (bicyclic) bond motifs is 4. The van der Waals surface area contributed by atoms with Gasteiger partial charge in [0.25, 0.3) is 5.91 Å². The van der Waals surface area contributed by atoms with E-state index < -0.39 is 24.0 Å². The fourth-order valence-corrected chi connectivity index (χ4v) is 7.85. The third-order valence-electron chi connectivity index (χ3n) is 9.04. The molecule has 1 aromatic rings. The maximum atomic E-state index is 14.0. The molecule has 0 radical (unpaired) electrons. The number of carbonyl (C=O) groups excluding carboxylic acids is 4. The second-order valence-electron chi connectivity index (χ2n) is 12.0. The van der Waals surface area contributed by atoms with E-state index in [-0.39, 0.29) is 58.9 Å². The van der Waals surface area contributed by atoms with Gasteiger partial charge in [0.2, 0.25) is 17.7 Å². The van der Waals surface area contributed by atoms with Crippen LogP contribution in [0.4, 0.5) is 0 Å². The molecule has 1 saturated carbocycles. The molecule has 7 atom stereocenters. The molecular formula is C27H36N6O4S. The van der Waals surface area contributed by atoms with E-state index in [2.05, 4.69) is 40.9 Å². The van der Waals surface area contributed by atoms with Crippen LogP contribution in [0.15, 0.2) is 5.38 Å². The molecule has 4 heterocycles. The Bertz CT molecular complexity index is 1170. The van der Waals surface area contributed by atoms with E-state index in [4.69, 9.17) is 0 Å². The Morgan fingerprint density at radius 1 is 1.21 bits per heavy atom. The number of aryl methyl sites for hydroxylation is 1. The highest BCUT2D eigenvalue weighted by Gasteiger charge is 2.61. The smallest absolute Gasteiger partial charge is 0.271 e. The van der Waals surface area contributed by atoms with Crippen LogP contribution >= 0.6 is 11.3 Å². The third-order valence-corrected chi connectivity index (χ3v) is 9.81. The van der Waals surface area contributed by atoms with Crippen molar-refractivity contribution in [2.24, 2.45) is 29.1 Å². The minimum absolute atomic E-state index is 0.0289. The van der Waals surface area contributed by atoms with Gasteiger partial charge in [-0.25, -0.2) is 4.98 Å². The van der Waals surface area contributed by atoms with Crippen molar-refractivity contribution in [3.05, 3.63) is 16.1 Å². The lowest BCUT2D eigenvalue weighted by molar-refractivity contribution is -0.142. The predicted octanol–water partition coefficient (Wildman–Crippen LogP) is 1.76. The molecule has 4 aliphatic rings. The summed E-state index contributed by atoms with van der Waals surface area (Å²) < 4.78 is 0. The monoisotopic (exact) mass is 540 g/mol. The fourth-order valence-electron chi connectivity index (χ4n) is 7.26. The van der Waals surface area contributed by atoms with Gasteiger partial charge in [0.1, 0.15) is 23.8 Å². The summed E-state index contributed by atoms with van der Waals surface area (Å²) in [6.45, 7) is 7.05. The van der Waals surface area contributed by atoms with E-state index in [1.165, 1.54) is 11.3 Å². The van der Waals surface area contributed by atoms with Crippen LogP contribution in [0.2, 0.25) is 0 Å². The van der Waals surface area contributed by atoms with Crippen LogP contribution in [0.3, 0.4) is 0 Å². The van der Waals surface area contributed by atoms with Gasteiger partial charge in [-0.3, -0.25) is 19.2 Å². The van der Waals surface area contributed by atoms with Gasteiger partial charge in [-0.05, 0) is 55.8 Å². The molecule has 0 bridgehead atoms. The molecular weight excluding hydrogens is 504 g/mol. The first-order valence-electron chi connectivity index (χ1n) is 13.6. The molecule has 1 aliphatic carbocycles. The van der Waals surface area contributed by atoms with Crippen LogP contribution in [-0.2, 0) is 14.4 Å². The first-order chi connectivity index (χ1) is 18.1. The molecule has 0 spiro atoms. The van der Waals surface area contributed by atoms with Crippen molar-refractivity contribution in [2.45, 2.75) is 77.4 Å². The molecule has 3 N–H and O–H groups in total. The first kappa shape index (κ1) is 26.6. The maximum absolute atomic E-state index is 14.0. The predicted molar refractivity (Wildman–Crippen MR) is 140 cm³/mol. The minimum Gasteiger partial charge on any atom is -0.356 e. The van der Waals surface area contributed by atoms with Gasteiger partial charge in [-0.2, -0.15) is 5.26 Å². The normalized spacial score (nSPS) is 34.9. The first-order valence-corrected chi connectivity index (χ1v) is 14.5. The molecule has 1 aromatic heterocycles. The summed E-state index contributed by atoms with van der Waals surface area (Å²) >= 11 is 1.37. The minimum atomic E-state index is -0.815. The van der Waals surface area contributed by atoms with Crippen LogP contribution < -0.4 is 16.0 Å². The zero-order valence-corrected chi connectivity index (χ0v) is 23.0. The molecule has 3 aliphatic heterocycles. The topological polar surface area (TPSA) is 144 Å². The number of rotatable bonds is 2. The summed E-state index contributed by atoms with van der Waals surface area (Å²) in [4.78, 5) is 59.2. The van der Waals surface area contributed by atoms with Crippen LogP contribution in [0.25, 0.3) is 0 Å². The van der Waals surface area contributed by atoms with Gasteiger partial charge in [-0.15, -0.1) is 11.3 Å². The summed E-state index contributed by atoms with van der Waals surface area (Å²) in [7, 11) is 0. The molecule has 4 fully saturated rings. The Labute approximate surface area is 226 Å². The molecule has 10 nitrogen and oxygen atoms in total. The molecule has 38 heavy (non-hydrogen) atoms.